The number of halogens is 2. The van der Waals surface area contributed by atoms with E-state index in [1.807, 2.05) is 12.3 Å². The number of aromatic nitrogens is 1. The summed E-state index contributed by atoms with van der Waals surface area (Å²) in [5, 5.41) is 4.48. The fourth-order valence-electron chi connectivity index (χ4n) is 3.48. The Morgan fingerprint density at radius 2 is 1.68 bits per heavy atom. The van der Waals surface area contributed by atoms with E-state index in [0.29, 0.717) is 6.10 Å². The van der Waals surface area contributed by atoms with Crippen LogP contribution in [0.1, 0.15) is 18.4 Å². The minimum absolute atomic E-state index is 0. The van der Waals surface area contributed by atoms with Crippen molar-refractivity contribution >= 4 is 35.7 Å². The molecule has 150 valence electrons. The van der Waals surface area contributed by atoms with Crippen LogP contribution < -0.4 is 14.8 Å². The Morgan fingerprint density at radius 1 is 0.964 bits per heavy atom. The molecule has 0 bridgehead atoms. The lowest BCUT2D eigenvalue weighted by molar-refractivity contribution is 0.162. The number of rotatable bonds is 4. The van der Waals surface area contributed by atoms with Gasteiger partial charge in [-0.2, -0.15) is 0 Å². The average molecular weight is 421 g/mol. The zero-order valence-electron chi connectivity index (χ0n) is 16.1. The summed E-state index contributed by atoms with van der Waals surface area (Å²) in [5.41, 5.74) is 4.31. The van der Waals surface area contributed by atoms with E-state index in [9.17, 15) is 0 Å². The van der Waals surface area contributed by atoms with Gasteiger partial charge in [-0.05, 0) is 68.2 Å². The lowest BCUT2D eigenvalue weighted by Crippen LogP contribution is -2.34. The summed E-state index contributed by atoms with van der Waals surface area (Å²) in [7, 11) is 1.69. The van der Waals surface area contributed by atoms with E-state index < -0.39 is 0 Å². The van der Waals surface area contributed by atoms with Crippen molar-refractivity contribution in [2.75, 3.05) is 20.2 Å². The maximum absolute atomic E-state index is 6.09. The van der Waals surface area contributed by atoms with E-state index in [1.165, 1.54) is 0 Å². The second-order valence-corrected chi connectivity index (χ2v) is 6.83. The fraction of sp³-hybridized carbons (Fsp3) is 0.318. The van der Waals surface area contributed by atoms with E-state index in [0.717, 1.165) is 65.0 Å². The van der Waals surface area contributed by atoms with Crippen molar-refractivity contribution < 1.29 is 9.47 Å². The molecule has 0 aliphatic carbocycles. The van der Waals surface area contributed by atoms with Gasteiger partial charge in [-0.1, -0.05) is 12.1 Å². The highest BCUT2D eigenvalue weighted by Gasteiger charge is 2.14. The van der Waals surface area contributed by atoms with Gasteiger partial charge in [0.2, 0.25) is 0 Å². The molecular formula is C22H26Cl2N2O2. The first kappa shape index (κ1) is 22.3. The molecule has 6 heteroatoms. The highest BCUT2D eigenvalue weighted by molar-refractivity contribution is 5.86. The third-order valence-electron chi connectivity index (χ3n) is 4.97. The molecule has 1 aliphatic heterocycles. The molecule has 1 N–H and O–H groups in total. The van der Waals surface area contributed by atoms with Crippen molar-refractivity contribution in [2.24, 2.45) is 0 Å². The lowest BCUT2D eigenvalue weighted by Gasteiger charge is -2.23. The summed E-state index contributed by atoms with van der Waals surface area (Å²) in [4.78, 5) is 4.61. The van der Waals surface area contributed by atoms with Crippen molar-refractivity contribution in [3.63, 3.8) is 0 Å². The first-order chi connectivity index (χ1) is 12.7. The minimum atomic E-state index is 0. The summed E-state index contributed by atoms with van der Waals surface area (Å²) in [6, 6.07) is 14.6. The Kier molecular flexibility index (Phi) is 7.93. The van der Waals surface area contributed by atoms with Gasteiger partial charge in [0, 0.05) is 23.2 Å². The molecule has 2 heterocycles. The topological polar surface area (TPSA) is 43.4 Å². The average Bonchev–Trinajstić information content (AvgIpc) is 2.68. The predicted molar refractivity (Wildman–Crippen MR) is 119 cm³/mol. The largest absolute Gasteiger partial charge is 0.496 e. The van der Waals surface area contributed by atoms with Crippen molar-refractivity contribution in [1.29, 1.82) is 0 Å². The fourth-order valence-corrected chi connectivity index (χ4v) is 3.48. The monoisotopic (exact) mass is 420 g/mol. The van der Waals surface area contributed by atoms with Gasteiger partial charge in [-0.25, -0.2) is 0 Å². The lowest BCUT2D eigenvalue weighted by atomic mass is 10.0. The molecule has 1 fully saturated rings. The normalized spacial score (nSPS) is 14.1. The third-order valence-corrected chi connectivity index (χ3v) is 4.97. The number of aryl methyl sites for hydroxylation is 1. The van der Waals surface area contributed by atoms with Crippen LogP contribution in [0.5, 0.6) is 11.5 Å². The van der Waals surface area contributed by atoms with Crippen LogP contribution in [0.15, 0.2) is 48.7 Å². The second-order valence-electron chi connectivity index (χ2n) is 6.83. The van der Waals surface area contributed by atoms with Gasteiger partial charge < -0.3 is 14.8 Å². The molecule has 4 rings (SSSR count). The van der Waals surface area contributed by atoms with Crippen LogP contribution in [0.25, 0.3) is 22.0 Å². The number of methoxy groups -OCH3 is 1. The molecule has 1 saturated heterocycles. The van der Waals surface area contributed by atoms with Gasteiger partial charge in [0.15, 0.2) is 0 Å². The van der Waals surface area contributed by atoms with Crippen LogP contribution in [0.2, 0.25) is 0 Å². The Hall–Kier alpha value is -2.01. The van der Waals surface area contributed by atoms with Crippen LogP contribution in [0, 0.1) is 6.92 Å². The van der Waals surface area contributed by atoms with E-state index in [2.05, 4.69) is 53.6 Å². The first-order valence-electron chi connectivity index (χ1n) is 9.15. The highest BCUT2D eigenvalue weighted by Crippen LogP contribution is 2.29. The molecule has 0 amide bonds. The number of pyridine rings is 1. The van der Waals surface area contributed by atoms with Crippen molar-refractivity contribution in [1.82, 2.24) is 10.3 Å². The zero-order chi connectivity index (χ0) is 17.9. The molecule has 0 spiro atoms. The Balaban J connectivity index is 0.00000140. The summed E-state index contributed by atoms with van der Waals surface area (Å²) < 4.78 is 11.5. The molecule has 0 atom stereocenters. The van der Waals surface area contributed by atoms with Gasteiger partial charge >= 0.3 is 0 Å². The molecule has 0 radical (unpaired) electrons. The summed E-state index contributed by atoms with van der Waals surface area (Å²) in [6.45, 7) is 4.13. The van der Waals surface area contributed by atoms with Gasteiger partial charge in [0.05, 0.1) is 12.6 Å². The third kappa shape index (κ3) is 4.88. The Bertz CT molecular complexity index is 910. The number of benzene rings is 2. The zero-order valence-corrected chi connectivity index (χ0v) is 17.7. The Morgan fingerprint density at radius 3 is 2.36 bits per heavy atom. The number of hydrogen-bond acceptors (Lipinski definition) is 4. The number of nitrogens with one attached hydrogen (secondary N) is 1. The SMILES string of the molecule is COc1cc2ncc(-c3ccc(OC4CCNCC4)cc3)cc2cc1C.Cl.Cl. The van der Waals surface area contributed by atoms with E-state index in [4.69, 9.17) is 9.47 Å². The molecule has 2 aromatic carbocycles. The van der Waals surface area contributed by atoms with Crippen LogP contribution in [-0.2, 0) is 0 Å². The van der Waals surface area contributed by atoms with Crippen molar-refractivity contribution in [3.8, 4) is 22.6 Å². The van der Waals surface area contributed by atoms with Crippen molar-refractivity contribution in [3.05, 3.63) is 54.2 Å². The molecule has 4 nitrogen and oxygen atoms in total. The summed E-state index contributed by atoms with van der Waals surface area (Å²) in [5.74, 6) is 1.81. The maximum Gasteiger partial charge on any atom is 0.123 e. The molecule has 0 saturated carbocycles. The molecule has 0 unspecified atom stereocenters. The van der Waals surface area contributed by atoms with E-state index in [1.54, 1.807) is 7.11 Å². The van der Waals surface area contributed by atoms with Gasteiger partial charge in [0.25, 0.3) is 0 Å². The Labute approximate surface area is 178 Å². The predicted octanol–water partition coefficient (Wildman–Crippen LogP) is 5.19. The molecule has 28 heavy (non-hydrogen) atoms. The number of nitrogens with zero attached hydrogens (tertiary/aromatic N) is 1. The van der Waals surface area contributed by atoms with Crippen LogP contribution in [0.3, 0.4) is 0 Å². The molecule has 3 aromatic rings. The number of piperidine rings is 1. The first-order valence-corrected chi connectivity index (χ1v) is 9.15. The molecular weight excluding hydrogens is 395 g/mol. The van der Waals surface area contributed by atoms with Crippen LogP contribution in [-0.4, -0.2) is 31.3 Å². The van der Waals surface area contributed by atoms with E-state index >= 15 is 0 Å². The maximum atomic E-state index is 6.09. The summed E-state index contributed by atoms with van der Waals surface area (Å²) >= 11 is 0. The van der Waals surface area contributed by atoms with Gasteiger partial charge in [0.1, 0.15) is 17.6 Å². The summed E-state index contributed by atoms with van der Waals surface area (Å²) in [6.07, 6.45) is 4.38. The van der Waals surface area contributed by atoms with Crippen molar-refractivity contribution in [2.45, 2.75) is 25.9 Å². The van der Waals surface area contributed by atoms with Crippen LogP contribution in [0.4, 0.5) is 0 Å². The smallest absolute Gasteiger partial charge is 0.123 e. The van der Waals surface area contributed by atoms with E-state index in [-0.39, 0.29) is 24.8 Å². The standard InChI is InChI=1S/C22H24N2O2.2ClH/c1-15-11-17-12-18(14-24-21(17)13-22(15)25-2)16-3-5-19(6-4-16)26-20-7-9-23-10-8-20;;/h3-6,11-14,20,23H,7-10H2,1-2H3;2*1H. The molecule has 1 aliphatic rings. The number of hydrogen-bond donors (Lipinski definition) is 1. The van der Waals surface area contributed by atoms with Gasteiger partial charge in [-0.15, -0.1) is 24.8 Å². The quantitative estimate of drug-likeness (QED) is 0.630. The number of fused-ring (bicyclic) bond motifs is 1. The van der Waals surface area contributed by atoms with Gasteiger partial charge in [-0.3, -0.25) is 4.98 Å². The van der Waals surface area contributed by atoms with Crippen LogP contribution >= 0.6 is 24.8 Å². The highest BCUT2D eigenvalue weighted by atomic mass is 35.5. The number of ether oxygens (including phenoxy) is 2. The second kappa shape index (κ2) is 9.97. The minimum Gasteiger partial charge on any atom is -0.496 e. The molecule has 1 aromatic heterocycles.